The Hall–Kier alpha value is -2.92. The number of hydrogen-bond donors (Lipinski definition) is 2. The van der Waals surface area contributed by atoms with E-state index in [1.54, 1.807) is 24.3 Å². The maximum Gasteiger partial charge on any atom is 0.339 e. The van der Waals surface area contributed by atoms with Crippen molar-refractivity contribution in [3.05, 3.63) is 83.1 Å². The third kappa shape index (κ3) is 3.77. The van der Waals surface area contributed by atoms with Crippen LogP contribution in [0.15, 0.2) is 72.0 Å². The standard InChI is InChI=1S/C25H26O5/c1-2-18(21(26)17-11-7-4-8-12-17)24-23(28)22(27)20(25(29)30-24)19(16-13-14-16)15-9-5-3-6-10-15/h3-12,16,18-19,21,24,26-27H,2,13-14H2,1H3/t18-,19+,21-,24?/m0/s1. The van der Waals surface area contributed by atoms with Gasteiger partial charge in [0.1, 0.15) is 0 Å². The molecule has 2 N–H and O–H groups in total. The number of benzene rings is 2. The van der Waals surface area contributed by atoms with Gasteiger partial charge in [0.15, 0.2) is 11.9 Å². The lowest BCUT2D eigenvalue weighted by molar-refractivity contribution is -0.161. The van der Waals surface area contributed by atoms with Gasteiger partial charge in [0, 0.05) is 11.8 Å². The molecular weight excluding hydrogens is 380 g/mol. The van der Waals surface area contributed by atoms with Crippen LogP contribution in [0.5, 0.6) is 0 Å². The number of carbonyl (C=O) groups excluding carboxylic acids is 2. The number of esters is 1. The van der Waals surface area contributed by atoms with Gasteiger partial charge >= 0.3 is 5.97 Å². The molecule has 4 rings (SSSR count). The van der Waals surface area contributed by atoms with E-state index in [9.17, 15) is 19.8 Å². The van der Waals surface area contributed by atoms with Crippen LogP contribution in [0.4, 0.5) is 0 Å². The Balaban J connectivity index is 1.67. The Kier molecular flexibility index (Phi) is 5.73. The maximum absolute atomic E-state index is 13.1. The molecule has 0 saturated heterocycles. The molecule has 2 aromatic rings. The fourth-order valence-corrected chi connectivity index (χ4v) is 4.42. The first-order chi connectivity index (χ1) is 14.5. The van der Waals surface area contributed by atoms with Crippen LogP contribution in [-0.2, 0) is 14.3 Å². The summed E-state index contributed by atoms with van der Waals surface area (Å²) in [6.07, 6.45) is 0.0854. The van der Waals surface area contributed by atoms with Crippen LogP contribution in [0.3, 0.4) is 0 Å². The van der Waals surface area contributed by atoms with Crippen molar-refractivity contribution >= 4 is 11.8 Å². The number of cyclic esters (lactones) is 1. The second-order valence-electron chi connectivity index (χ2n) is 8.11. The first-order valence-electron chi connectivity index (χ1n) is 10.5. The molecule has 156 valence electrons. The molecule has 0 aromatic heterocycles. The summed E-state index contributed by atoms with van der Waals surface area (Å²) < 4.78 is 5.59. The van der Waals surface area contributed by atoms with Crippen LogP contribution in [-0.4, -0.2) is 28.1 Å². The molecule has 1 aliphatic heterocycles. The number of aliphatic hydroxyl groups is 2. The van der Waals surface area contributed by atoms with E-state index in [2.05, 4.69) is 0 Å². The molecule has 1 fully saturated rings. The normalized spacial score (nSPS) is 22.4. The molecule has 1 aliphatic carbocycles. The Morgan fingerprint density at radius 3 is 2.07 bits per heavy atom. The molecular formula is C25H26O5. The minimum Gasteiger partial charge on any atom is -0.504 e. The summed E-state index contributed by atoms with van der Waals surface area (Å²) in [5, 5.41) is 21.7. The zero-order valence-electron chi connectivity index (χ0n) is 16.9. The van der Waals surface area contributed by atoms with Crippen molar-refractivity contribution in [3.8, 4) is 0 Å². The largest absolute Gasteiger partial charge is 0.504 e. The fourth-order valence-electron chi connectivity index (χ4n) is 4.42. The highest BCUT2D eigenvalue weighted by Crippen LogP contribution is 2.49. The lowest BCUT2D eigenvalue weighted by Crippen LogP contribution is -2.43. The van der Waals surface area contributed by atoms with Crippen molar-refractivity contribution in [1.29, 1.82) is 0 Å². The number of ketones is 1. The van der Waals surface area contributed by atoms with E-state index in [0.717, 1.165) is 18.4 Å². The van der Waals surface area contributed by atoms with Crippen LogP contribution < -0.4 is 0 Å². The Labute approximate surface area is 176 Å². The number of hydrogen-bond acceptors (Lipinski definition) is 5. The number of carbonyl (C=O) groups is 2. The van der Waals surface area contributed by atoms with Gasteiger partial charge in [0.05, 0.1) is 11.7 Å². The first kappa shape index (κ1) is 20.4. The minimum absolute atomic E-state index is 0.0500. The van der Waals surface area contributed by atoms with E-state index in [-0.39, 0.29) is 17.4 Å². The summed E-state index contributed by atoms with van der Waals surface area (Å²) in [7, 11) is 0. The molecule has 0 spiro atoms. The lowest BCUT2D eigenvalue weighted by atomic mass is 9.80. The third-order valence-electron chi connectivity index (χ3n) is 6.17. The molecule has 1 saturated carbocycles. The van der Waals surface area contributed by atoms with Crippen molar-refractivity contribution in [2.45, 2.75) is 44.3 Å². The summed E-state index contributed by atoms with van der Waals surface area (Å²) in [5.41, 5.74) is 1.58. The lowest BCUT2D eigenvalue weighted by Gasteiger charge is -2.33. The quantitative estimate of drug-likeness (QED) is 0.672. The third-order valence-corrected chi connectivity index (χ3v) is 6.17. The van der Waals surface area contributed by atoms with Gasteiger partial charge < -0.3 is 14.9 Å². The molecule has 1 heterocycles. The Morgan fingerprint density at radius 2 is 1.53 bits per heavy atom. The van der Waals surface area contributed by atoms with E-state index in [1.165, 1.54) is 0 Å². The molecule has 5 nitrogen and oxygen atoms in total. The van der Waals surface area contributed by atoms with Gasteiger partial charge in [-0.15, -0.1) is 0 Å². The van der Waals surface area contributed by atoms with Crippen molar-refractivity contribution in [2.75, 3.05) is 0 Å². The monoisotopic (exact) mass is 406 g/mol. The van der Waals surface area contributed by atoms with E-state index in [1.807, 2.05) is 43.3 Å². The van der Waals surface area contributed by atoms with Gasteiger partial charge in [-0.05, 0) is 36.3 Å². The van der Waals surface area contributed by atoms with Crippen molar-refractivity contribution < 1.29 is 24.5 Å². The van der Waals surface area contributed by atoms with E-state index in [4.69, 9.17) is 4.74 Å². The molecule has 0 bridgehead atoms. The highest BCUT2D eigenvalue weighted by atomic mass is 16.6. The minimum atomic E-state index is -1.21. The molecule has 2 aromatic carbocycles. The molecule has 30 heavy (non-hydrogen) atoms. The van der Waals surface area contributed by atoms with E-state index < -0.39 is 35.6 Å². The SMILES string of the molecule is CC[C@H](C1OC(=O)C([C@H](c2ccccc2)C2CC2)=C(O)C1=O)[C@@H](O)c1ccccc1. The molecule has 0 radical (unpaired) electrons. The number of ether oxygens (including phenoxy) is 1. The highest BCUT2D eigenvalue weighted by Gasteiger charge is 2.48. The molecule has 1 unspecified atom stereocenters. The second-order valence-corrected chi connectivity index (χ2v) is 8.11. The summed E-state index contributed by atoms with van der Waals surface area (Å²) in [4.78, 5) is 26.1. The Morgan fingerprint density at radius 1 is 0.967 bits per heavy atom. The summed E-state index contributed by atoms with van der Waals surface area (Å²) in [6.45, 7) is 1.82. The summed E-state index contributed by atoms with van der Waals surface area (Å²) >= 11 is 0. The van der Waals surface area contributed by atoms with Crippen LogP contribution >= 0.6 is 0 Å². The van der Waals surface area contributed by atoms with Crippen molar-refractivity contribution in [1.82, 2.24) is 0 Å². The van der Waals surface area contributed by atoms with E-state index >= 15 is 0 Å². The average molecular weight is 406 g/mol. The van der Waals surface area contributed by atoms with Crippen LogP contribution in [0.2, 0.25) is 0 Å². The van der Waals surface area contributed by atoms with Gasteiger partial charge in [-0.3, -0.25) is 4.79 Å². The predicted molar refractivity (Wildman–Crippen MR) is 112 cm³/mol. The van der Waals surface area contributed by atoms with Gasteiger partial charge in [-0.25, -0.2) is 4.79 Å². The number of Topliss-reactive ketones (excluding diaryl/α,β-unsaturated/α-hetero) is 1. The van der Waals surface area contributed by atoms with Gasteiger partial charge in [-0.1, -0.05) is 67.6 Å². The number of rotatable bonds is 7. The average Bonchev–Trinajstić information content (AvgIpc) is 3.61. The Bertz CT molecular complexity index is 946. The van der Waals surface area contributed by atoms with Gasteiger partial charge in [0.25, 0.3) is 0 Å². The highest BCUT2D eigenvalue weighted by molar-refractivity contribution is 6.09. The van der Waals surface area contributed by atoms with Crippen molar-refractivity contribution in [2.24, 2.45) is 11.8 Å². The topological polar surface area (TPSA) is 83.8 Å². The van der Waals surface area contributed by atoms with Crippen LogP contribution in [0.25, 0.3) is 0 Å². The first-order valence-corrected chi connectivity index (χ1v) is 10.5. The fraction of sp³-hybridized carbons (Fsp3) is 0.360. The maximum atomic E-state index is 13.1. The van der Waals surface area contributed by atoms with E-state index in [0.29, 0.717) is 12.0 Å². The zero-order valence-corrected chi connectivity index (χ0v) is 16.9. The second kappa shape index (κ2) is 8.44. The molecule has 4 atom stereocenters. The van der Waals surface area contributed by atoms with Gasteiger partial charge in [-0.2, -0.15) is 0 Å². The summed E-state index contributed by atoms with van der Waals surface area (Å²) in [6, 6.07) is 18.4. The molecule has 0 amide bonds. The van der Waals surface area contributed by atoms with Crippen LogP contribution in [0, 0.1) is 11.8 Å². The molecule has 2 aliphatic rings. The predicted octanol–water partition coefficient (Wildman–Crippen LogP) is 4.25. The molecule has 5 heteroatoms. The van der Waals surface area contributed by atoms with Gasteiger partial charge in [0.2, 0.25) is 5.78 Å². The van der Waals surface area contributed by atoms with Crippen LogP contribution in [0.1, 0.15) is 49.3 Å². The summed E-state index contributed by atoms with van der Waals surface area (Å²) in [5.74, 6) is -2.62. The smallest absolute Gasteiger partial charge is 0.339 e. The van der Waals surface area contributed by atoms with Crippen molar-refractivity contribution in [3.63, 3.8) is 0 Å². The zero-order chi connectivity index (χ0) is 21.3. The number of aliphatic hydroxyl groups excluding tert-OH is 2.